The Bertz CT molecular complexity index is 1100. The van der Waals surface area contributed by atoms with Crippen LogP contribution in [0.2, 0.25) is 10.0 Å². The molecule has 0 atom stereocenters. The van der Waals surface area contributed by atoms with Gasteiger partial charge in [0.2, 0.25) is 5.13 Å². The van der Waals surface area contributed by atoms with Crippen molar-refractivity contribution < 1.29 is 13.2 Å². The molecule has 2 N–H and O–H groups in total. The highest BCUT2D eigenvalue weighted by Gasteiger charge is 2.22. The lowest BCUT2D eigenvalue weighted by molar-refractivity contribution is 0.102. The van der Waals surface area contributed by atoms with Crippen LogP contribution in [-0.2, 0) is 10.0 Å². The number of aryl methyl sites for hydroxylation is 1. The first-order valence-corrected chi connectivity index (χ1v) is 10.5. The van der Waals surface area contributed by atoms with Gasteiger partial charge < -0.3 is 0 Å². The number of anilines is 2. The Hall–Kier alpha value is -2.20. The molecule has 0 radical (unpaired) electrons. The summed E-state index contributed by atoms with van der Waals surface area (Å²) in [7, 11) is -4.04. The second-order valence-electron chi connectivity index (χ2n) is 5.40. The second kappa shape index (κ2) is 7.81. The SMILES string of the molecule is Cc1ccc(C(=O)Nc2nnc(S(=O)(=O)Nc3cccc(Cl)c3Cl)s2)cc1. The van der Waals surface area contributed by atoms with Crippen LogP contribution in [0.3, 0.4) is 0 Å². The van der Waals surface area contributed by atoms with E-state index in [0.29, 0.717) is 16.9 Å². The fraction of sp³-hybridized carbons (Fsp3) is 0.0625. The maximum atomic E-state index is 12.5. The third kappa shape index (κ3) is 4.56. The van der Waals surface area contributed by atoms with Crippen molar-refractivity contribution in [3.63, 3.8) is 0 Å². The number of nitrogens with zero attached hydrogens (tertiary/aromatic N) is 2. The molecule has 7 nitrogen and oxygen atoms in total. The maximum Gasteiger partial charge on any atom is 0.291 e. The summed E-state index contributed by atoms with van der Waals surface area (Å²) < 4.78 is 26.9. The lowest BCUT2D eigenvalue weighted by Crippen LogP contribution is -2.13. The molecule has 140 valence electrons. The fourth-order valence-electron chi connectivity index (χ4n) is 2.01. The van der Waals surface area contributed by atoms with Crippen molar-refractivity contribution in [1.29, 1.82) is 0 Å². The van der Waals surface area contributed by atoms with Gasteiger partial charge in [-0.1, -0.05) is 58.3 Å². The average Bonchev–Trinajstić information content (AvgIpc) is 3.09. The summed E-state index contributed by atoms with van der Waals surface area (Å²) in [4.78, 5) is 12.2. The number of carbonyl (C=O) groups excluding carboxylic acids is 1. The summed E-state index contributed by atoms with van der Waals surface area (Å²) in [5.41, 5.74) is 1.55. The summed E-state index contributed by atoms with van der Waals surface area (Å²) in [6, 6.07) is 11.5. The molecule has 11 heteroatoms. The number of rotatable bonds is 5. The Morgan fingerprint density at radius 1 is 1.07 bits per heavy atom. The van der Waals surface area contributed by atoms with E-state index in [9.17, 15) is 13.2 Å². The van der Waals surface area contributed by atoms with Crippen molar-refractivity contribution in [2.75, 3.05) is 10.0 Å². The Balaban J connectivity index is 1.77. The van der Waals surface area contributed by atoms with Gasteiger partial charge in [-0.25, -0.2) is 0 Å². The van der Waals surface area contributed by atoms with Gasteiger partial charge in [0.1, 0.15) is 0 Å². The van der Waals surface area contributed by atoms with Gasteiger partial charge in [0.05, 0.1) is 15.7 Å². The van der Waals surface area contributed by atoms with Gasteiger partial charge in [0.15, 0.2) is 0 Å². The van der Waals surface area contributed by atoms with E-state index < -0.39 is 15.9 Å². The van der Waals surface area contributed by atoms with E-state index in [1.165, 1.54) is 12.1 Å². The predicted molar refractivity (Wildman–Crippen MR) is 106 cm³/mol. The molecule has 0 saturated heterocycles. The van der Waals surface area contributed by atoms with Crippen molar-refractivity contribution in [3.8, 4) is 0 Å². The molecule has 2 aromatic carbocycles. The summed E-state index contributed by atoms with van der Waals surface area (Å²) >= 11 is 12.6. The molecule has 0 aliphatic heterocycles. The van der Waals surface area contributed by atoms with Crippen LogP contribution < -0.4 is 10.0 Å². The van der Waals surface area contributed by atoms with Crippen LogP contribution >= 0.6 is 34.5 Å². The molecule has 3 aromatic rings. The van der Waals surface area contributed by atoms with Crippen LogP contribution in [0.25, 0.3) is 0 Å². The van der Waals surface area contributed by atoms with Gasteiger partial charge in [-0.15, -0.1) is 10.2 Å². The van der Waals surface area contributed by atoms with Crippen LogP contribution in [0.4, 0.5) is 10.8 Å². The van der Waals surface area contributed by atoms with Gasteiger partial charge in [0, 0.05) is 5.56 Å². The number of aromatic nitrogens is 2. The molecule has 0 aliphatic rings. The van der Waals surface area contributed by atoms with Crippen LogP contribution in [0.15, 0.2) is 46.8 Å². The lowest BCUT2D eigenvalue weighted by Gasteiger charge is -2.07. The Morgan fingerprint density at radius 2 is 1.78 bits per heavy atom. The summed E-state index contributed by atoms with van der Waals surface area (Å²) in [5, 5.41) is 10.2. The van der Waals surface area contributed by atoms with Crippen molar-refractivity contribution >= 4 is 61.3 Å². The van der Waals surface area contributed by atoms with Gasteiger partial charge in [-0.05, 0) is 31.2 Å². The first-order valence-electron chi connectivity index (χ1n) is 7.44. The van der Waals surface area contributed by atoms with E-state index in [4.69, 9.17) is 23.2 Å². The number of amides is 1. The molecule has 1 amide bonds. The predicted octanol–water partition coefficient (Wildman–Crippen LogP) is 4.21. The number of benzene rings is 2. The zero-order valence-electron chi connectivity index (χ0n) is 13.7. The number of halogens is 2. The van der Waals surface area contributed by atoms with Gasteiger partial charge in [-0.2, -0.15) is 8.42 Å². The monoisotopic (exact) mass is 442 g/mol. The third-order valence-electron chi connectivity index (χ3n) is 3.37. The lowest BCUT2D eigenvalue weighted by atomic mass is 10.1. The second-order valence-corrected chi connectivity index (χ2v) is 9.02. The number of nitrogens with one attached hydrogen (secondary N) is 2. The highest BCUT2D eigenvalue weighted by atomic mass is 35.5. The van der Waals surface area contributed by atoms with Crippen LogP contribution in [-0.4, -0.2) is 24.5 Å². The smallest absolute Gasteiger partial charge is 0.291 e. The minimum Gasteiger partial charge on any atom is -0.296 e. The van der Waals surface area contributed by atoms with Gasteiger partial charge >= 0.3 is 0 Å². The van der Waals surface area contributed by atoms with Crippen LogP contribution in [0.1, 0.15) is 15.9 Å². The molecule has 0 fully saturated rings. The largest absolute Gasteiger partial charge is 0.296 e. The molecule has 27 heavy (non-hydrogen) atoms. The normalized spacial score (nSPS) is 11.2. The van der Waals surface area contributed by atoms with Crippen molar-refractivity contribution in [1.82, 2.24) is 10.2 Å². The van der Waals surface area contributed by atoms with Gasteiger partial charge in [-0.3, -0.25) is 14.8 Å². The third-order valence-corrected chi connectivity index (χ3v) is 6.76. The maximum absolute atomic E-state index is 12.5. The van der Waals surface area contributed by atoms with E-state index in [1.54, 1.807) is 30.3 Å². The minimum absolute atomic E-state index is 0.0538. The Kier molecular flexibility index (Phi) is 5.66. The van der Waals surface area contributed by atoms with Gasteiger partial charge in [0.25, 0.3) is 20.3 Å². The van der Waals surface area contributed by atoms with Crippen LogP contribution in [0.5, 0.6) is 0 Å². The van der Waals surface area contributed by atoms with Crippen LogP contribution in [0, 0.1) is 6.92 Å². The van der Waals surface area contributed by atoms with E-state index in [-0.39, 0.29) is 25.2 Å². The van der Waals surface area contributed by atoms with Crippen molar-refractivity contribution in [2.24, 2.45) is 0 Å². The average molecular weight is 443 g/mol. The van der Waals surface area contributed by atoms with E-state index in [1.807, 2.05) is 6.92 Å². The zero-order chi connectivity index (χ0) is 19.6. The molecule has 1 heterocycles. The topological polar surface area (TPSA) is 101 Å². The molecule has 0 saturated carbocycles. The standard InChI is InChI=1S/C16H12Cl2N4O3S2/c1-9-5-7-10(8-6-9)14(23)19-15-20-21-16(26-15)27(24,25)22-12-4-2-3-11(17)13(12)18/h2-8,22H,1H3,(H,19,20,23). The molecule has 0 unspecified atom stereocenters. The zero-order valence-corrected chi connectivity index (χ0v) is 16.9. The molecule has 1 aromatic heterocycles. The first kappa shape index (κ1) is 19.6. The Labute approximate surface area is 169 Å². The fourth-order valence-corrected chi connectivity index (χ4v) is 4.39. The first-order chi connectivity index (χ1) is 12.8. The molecular weight excluding hydrogens is 431 g/mol. The molecule has 0 spiro atoms. The molecular formula is C16H12Cl2N4O3S2. The van der Waals surface area contributed by atoms with E-state index in [2.05, 4.69) is 20.2 Å². The van der Waals surface area contributed by atoms with Crippen molar-refractivity contribution in [2.45, 2.75) is 11.3 Å². The number of sulfonamides is 1. The highest BCUT2D eigenvalue weighted by molar-refractivity contribution is 7.94. The number of hydrogen-bond acceptors (Lipinski definition) is 6. The Morgan fingerprint density at radius 3 is 2.48 bits per heavy atom. The number of carbonyl (C=O) groups is 1. The molecule has 0 aliphatic carbocycles. The molecule has 0 bridgehead atoms. The van der Waals surface area contributed by atoms with Crippen molar-refractivity contribution in [3.05, 3.63) is 63.6 Å². The van der Waals surface area contributed by atoms with E-state index >= 15 is 0 Å². The highest BCUT2D eigenvalue weighted by Crippen LogP contribution is 2.32. The van der Waals surface area contributed by atoms with E-state index in [0.717, 1.165) is 5.56 Å². The summed E-state index contributed by atoms with van der Waals surface area (Å²) in [6.07, 6.45) is 0. The number of hydrogen-bond donors (Lipinski definition) is 2. The summed E-state index contributed by atoms with van der Waals surface area (Å²) in [6.45, 7) is 1.91. The minimum atomic E-state index is -4.04. The molecule has 3 rings (SSSR count). The quantitative estimate of drug-likeness (QED) is 0.576. The summed E-state index contributed by atoms with van der Waals surface area (Å²) in [5.74, 6) is -0.416.